The topological polar surface area (TPSA) is 38.2 Å². The molecule has 2 aromatic rings. The van der Waals surface area contributed by atoms with Gasteiger partial charge in [-0.2, -0.15) is 18.2 Å². The van der Waals surface area contributed by atoms with Crippen LogP contribution in [0, 0.1) is 3.57 Å². The molecule has 8 heteroatoms. The van der Waals surface area contributed by atoms with E-state index in [9.17, 15) is 13.2 Å². The van der Waals surface area contributed by atoms with E-state index in [2.05, 4.69) is 32.6 Å². The third-order valence-electron chi connectivity index (χ3n) is 2.77. The molecule has 0 aliphatic heterocycles. The summed E-state index contributed by atoms with van der Waals surface area (Å²) < 4.78 is 45.0. The molecular formula is C13H11F3IN3O. The van der Waals surface area contributed by atoms with Crippen LogP contribution in [0.25, 0.3) is 0 Å². The van der Waals surface area contributed by atoms with Gasteiger partial charge >= 0.3 is 12.2 Å². The van der Waals surface area contributed by atoms with Crippen LogP contribution in [0.3, 0.4) is 0 Å². The van der Waals surface area contributed by atoms with Gasteiger partial charge < -0.3 is 9.64 Å². The predicted octanol–water partition coefficient (Wildman–Crippen LogP) is 3.88. The van der Waals surface area contributed by atoms with E-state index >= 15 is 0 Å². The molecule has 4 nitrogen and oxygen atoms in total. The van der Waals surface area contributed by atoms with Crippen LogP contribution in [0.5, 0.6) is 6.01 Å². The largest absolute Gasteiger partial charge is 0.467 e. The molecule has 0 saturated heterocycles. The van der Waals surface area contributed by atoms with Crippen LogP contribution in [-0.2, 0) is 6.18 Å². The number of para-hydroxylation sites is 1. The molecule has 1 heterocycles. The summed E-state index contributed by atoms with van der Waals surface area (Å²) in [6.07, 6.45) is -3.82. The Morgan fingerprint density at radius 2 is 1.90 bits per heavy atom. The fourth-order valence-corrected chi connectivity index (χ4v) is 2.50. The van der Waals surface area contributed by atoms with Gasteiger partial charge in [0.25, 0.3) is 0 Å². The Bertz CT molecular complexity index is 649. The zero-order valence-corrected chi connectivity index (χ0v) is 13.3. The summed E-state index contributed by atoms with van der Waals surface area (Å²) in [7, 11) is 2.83. The monoisotopic (exact) mass is 409 g/mol. The molecule has 0 bridgehead atoms. The number of hydrogen-bond acceptors (Lipinski definition) is 4. The van der Waals surface area contributed by atoms with Gasteiger partial charge in [-0.15, -0.1) is 0 Å². The Labute approximate surface area is 133 Å². The summed E-state index contributed by atoms with van der Waals surface area (Å²) in [5.41, 5.74) is -0.296. The van der Waals surface area contributed by atoms with Gasteiger partial charge in [0.15, 0.2) is 5.82 Å². The number of alkyl halides is 3. The summed E-state index contributed by atoms with van der Waals surface area (Å²) in [5, 5.41) is 0. The number of nitrogens with zero attached hydrogens (tertiary/aromatic N) is 3. The molecule has 0 N–H and O–H groups in total. The fraction of sp³-hybridized carbons (Fsp3) is 0.231. The van der Waals surface area contributed by atoms with Gasteiger partial charge in [-0.1, -0.05) is 12.1 Å². The minimum Gasteiger partial charge on any atom is -0.467 e. The second kappa shape index (κ2) is 6.04. The van der Waals surface area contributed by atoms with E-state index in [-0.39, 0.29) is 11.8 Å². The lowest BCUT2D eigenvalue weighted by Crippen LogP contribution is -2.19. The zero-order valence-electron chi connectivity index (χ0n) is 11.1. The van der Waals surface area contributed by atoms with Crippen molar-refractivity contribution in [2.24, 2.45) is 0 Å². The van der Waals surface area contributed by atoms with Gasteiger partial charge in [-0.3, -0.25) is 0 Å². The molecule has 0 spiro atoms. The standard InChI is InChI=1S/C13H11F3IN3O/c1-20(10-6-4-3-5-9(10)17)11-8(13(14,15)16)7-18-12(19-11)21-2/h3-7H,1-2H3. The smallest absolute Gasteiger partial charge is 0.421 e. The van der Waals surface area contributed by atoms with E-state index in [1.807, 2.05) is 6.07 Å². The maximum atomic E-state index is 13.1. The van der Waals surface area contributed by atoms with Crippen LogP contribution in [0.2, 0.25) is 0 Å². The molecular weight excluding hydrogens is 398 g/mol. The van der Waals surface area contributed by atoms with Gasteiger partial charge in [-0.05, 0) is 34.7 Å². The van der Waals surface area contributed by atoms with Crippen LogP contribution >= 0.6 is 22.6 Å². The number of methoxy groups -OCH3 is 1. The second-order valence-electron chi connectivity index (χ2n) is 4.10. The minimum absolute atomic E-state index is 0.115. The molecule has 2 rings (SSSR count). The van der Waals surface area contributed by atoms with Crippen molar-refractivity contribution in [1.29, 1.82) is 0 Å². The van der Waals surface area contributed by atoms with Crippen LogP contribution in [0.15, 0.2) is 30.5 Å². The second-order valence-corrected chi connectivity index (χ2v) is 5.26. The number of hydrogen-bond donors (Lipinski definition) is 0. The van der Waals surface area contributed by atoms with Crippen molar-refractivity contribution in [3.63, 3.8) is 0 Å². The average molecular weight is 409 g/mol. The van der Waals surface area contributed by atoms with E-state index in [0.717, 1.165) is 9.77 Å². The Morgan fingerprint density at radius 3 is 2.48 bits per heavy atom. The number of benzene rings is 1. The van der Waals surface area contributed by atoms with Crippen LogP contribution in [0.1, 0.15) is 5.56 Å². The highest BCUT2D eigenvalue weighted by Crippen LogP contribution is 2.38. The van der Waals surface area contributed by atoms with Gasteiger partial charge in [0.1, 0.15) is 5.56 Å². The first-order chi connectivity index (χ1) is 9.84. The minimum atomic E-state index is -4.55. The van der Waals surface area contributed by atoms with Crippen molar-refractivity contribution in [2.75, 3.05) is 19.1 Å². The third kappa shape index (κ3) is 3.36. The Hall–Kier alpha value is -1.58. The first-order valence-corrected chi connectivity index (χ1v) is 6.89. The normalized spacial score (nSPS) is 11.3. The fourth-order valence-electron chi connectivity index (χ4n) is 1.75. The van der Waals surface area contributed by atoms with E-state index in [4.69, 9.17) is 4.74 Å². The van der Waals surface area contributed by atoms with E-state index in [1.165, 1.54) is 19.1 Å². The van der Waals surface area contributed by atoms with Crippen molar-refractivity contribution >= 4 is 34.1 Å². The third-order valence-corrected chi connectivity index (χ3v) is 3.68. The SMILES string of the molecule is COc1ncc(C(F)(F)F)c(N(C)c2ccccc2I)n1. The van der Waals surface area contributed by atoms with Crippen molar-refractivity contribution in [2.45, 2.75) is 6.18 Å². The van der Waals surface area contributed by atoms with E-state index < -0.39 is 11.7 Å². The van der Waals surface area contributed by atoms with Crippen molar-refractivity contribution in [1.82, 2.24) is 9.97 Å². The highest BCUT2D eigenvalue weighted by Gasteiger charge is 2.36. The molecule has 0 unspecified atom stereocenters. The highest BCUT2D eigenvalue weighted by molar-refractivity contribution is 14.1. The Balaban J connectivity index is 2.58. The summed E-state index contributed by atoms with van der Waals surface area (Å²) in [4.78, 5) is 8.76. The maximum absolute atomic E-state index is 13.1. The van der Waals surface area contributed by atoms with E-state index in [0.29, 0.717) is 5.69 Å². The summed E-state index contributed by atoms with van der Waals surface area (Å²) in [5.74, 6) is -0.251. The molecule has 0 aliphatic carbocycles. The van der Waals surface area contributed by atoms with Crippen LogP contribution < -0.4 is 9.64 Å². The van der Waals surface area contributed by atoms with Crippen molar-refractivity contribution in [3.05, 3.63) is 39.6 Å². The van der Waals surface area contributed by atoms with Crippen molar-refractivity contribution in [3.8, 4) is 6.01 Å². The number of anilines is 2. The molecule has 1 aromatic carbocycles. The van der Waals surface area contributed by atoms with Gasteiger partial charge in [0.05, 0.1) is 12.8 Å². The lowest BCUT2D eigenvalue weighted by atomic mass is 10.2. The number of rotatable bonds is 3. The number of ether oxygens (including phenoxy) is 1. The number of aromatic nitrogens is 2. The van der Waals surface area contributed by atoms with Gasteiger partial charge in [0, 0.05) is 16.8 Å². The molecule has 0 fully saturated rings. The number of halogens is 4. The quantitative estimate of drug-likeness (QED) is 0.722. The molecule has 112 valence electrons. The first kappa shape index (κ1) is 15.8. The first-order valence-electron chi connectivity index (χ1n) is 5.81. The van der Waals surface area contributed by atoms with Crippen LogP contribution in [0.4, 0.5) is 24.7 Å². The molecule has 21 heavy (non-hydrogen) atoms. The molecule has 0 amide bonds. The molecule has 0 atom stereocenters. The van der Waals surface area contributed by atoms with Gasteiger partial charge in [-0.25, -0.2) is 4.98 Å². The van der Waals surface area contributed by atoms with Crippen LogP contribution in [-0.4, -0.2) is 24.1 Å². The highest BCUT2D eigenvalue weighted by atomic mass is 127. The van der Waals surface area contributed by atoms with Crippen molar-refractivity contribution < 1.29 is 17.9 Å². The average Bonchev–Trinajstić information content (AvgIpc) is 2.45. The Kier molecular flexibility index (Phi) is 4.55. The summed E-state index contributed by atoms with van der Waals surface area (Å²) in [6.45, 7) is 0. The molecule has 0 saturated carbocycles. The van der Waals surface area contributed by atoms with E-state index in [1.54, 1.807) is 18.2 Å². The molecule has 1 aromatic heterocycles. The molecule has 0 aliphatic rings. The molecule has 0 radical (unpaired) electrons. The predicted molar refractivity (Wildman–Crippen MR) is 80.8 cm³/mol. The zero-order chi connectivity index (χ0) is 15.6. The summed E-state index contributed by atoms with van der Waals surface area (Å²) in [6, 6.07) is 6.97. The lowest BCUT2D eigenvalue weighted by Gasteiger charge is -2.23. The lowest BCUT2D eigenvalue weighted by molar-refractivity contribution is -0.137. The summed E-state index contributed by atoms with van der Waals surface area (Å²) >= 11 is 2.06. The van der Waals surface area contributed by atoms with Gasteiger partial charge in [0.2, 0.25) is 0 Å². The maximum Gasteiger partial charge on any atom is 0.421 e. The Morgan fingerprint density at radius 1 is 1.24 bits per heavy atom.